The highest BCUT2D eigenvalue weighted by Gasteiger charge is 2.14. The van der Waals surface area contributed by atoms with Crippen molar-refractivity contribution in [2.45, 2.75) is 19.4 Å². The van der Waals surface area contributed by atoms with Crippen LogP contribution >= 0.6 is 0 Å². The molecule has 0 radical (unpaired) electrons. The molecule has 3 aromatic rings. The number of hydrogen-bond acceptors (Lipinski definition) is 4. The highest BCUT2D eigenvalue weighted by atomic mass is 16.5. The lowest BCUT2D eigenvalue weighted by atomic mass is 10.2. The van der Waals surface area contributed by atoms with Gasteiger partial charge in [-0.05, 0) is 48.7 Å². The number of aromatic amines is 1. The number of benzene rings is 1. The van der Waals surface area contributed by atoms with Gasteiger partial charge in [0.1, 0.15) is 17.3 Å². The molecule has 1 fully saturated rings. The predicted octanol–water partition coefficient (Wildman–Crippen LogP) is 3.10. The predicted molar refractivity (Wildman–Crippen MR) is 102 cm³/mol. The largest absolute Gasteiger partial charge is 0.497 e. The molecule has 6 nitrogen and oxygen atoms in total. The zero-order valence-electron chi connectivity index (χ0n) is 14.8. The van der Waals surface area contributed by atoms with Crippen LogP contribution in [0.25, 0.3) is 10.9 Å². The van der Waals surface area contributed by atoms with Crippen LogP contribution in [-0.4, -0.2) is 36.1 Å². The van der Waals surface area contributed by atoms with Crippen LogP contribution in [0.1, 0.15) is 28.9 Å². The Hall–Kier alpha value is -3.02. The summed E-state index contributed by atoms with van der Waals surface area (Å²) in [7, 11) is 1.63. The number of aromatic nitrogens is 2. The molecule has 1 aliphatic rings. The number of carbonyl (C=O) groups is 1. The lowest BCUT2D eigenvalue weighted by Crippen LogP contribution is -2.24. The highest BCUT2D eigenvalue weighted by Crippen LogP contribution is 2.21. The van der Waals surface area contributed by atoms with Crippen LogP contribution in [0, 0.1) is 0 Å². The fourth-order valence-corrected chi connectivity index (χ4v) is 3.32. The van der Waals surface area contributed by atoms with Gasteiger partial charge in [0.15, 0.2) is 0 Å². The van der Waals surface area contributed by atoms with E-state index in [1.165, 1.54) is 12.8 Å². The number of hydrogen-bond donors (Lipinski definition) is 2. The monoisotopic (exact) mass is 350 g/mol. The maximum absolute atomic E-state index is 12.5. The molecule has 0 bridgehead atoms. The second-order valence-electron chi connectivity index (χ2n) is 6.54. The molecule has 0 spiro atoms. The van der Waals surface area contributed by atoms with Crippen LogP contribution in [0.2, 0.25) is 0 Å². The van der Waals surface area contributed by atoms with Crippen molar-refractivity contribution in [2.24, 2.45) is 0 Å². The van der Waals surface area contributed by atoms with Gasteiger partial charge in [-0.3, -0.25) is 4.79 Å². The summed E-state index contributed by atoms with van der Waals surface area (Å²) in [4.78, 5) is 22.4. The van der Waals surface area contributed by atoms with Crippen molar-refractivity contribution in [3.63, 3.8) is 0 Å². The number of nitrogens with zero attached hydrogens (tertiary/aromatic N) is 2. The Kier molecular flexibility index (Phi) is 4.48. The molecule has 1 aromatic carbocycles. The molecule has 2 aromatic heterocycles. The first-order valence-corrected chi connectivity index (χ1v) is 8.88. The number of nitrogens with one attached hydrogen (secondary N) is 2. The van der Waals surface area contributed by atoms with Gasteiger partial charge in [0.05, 0.1) is 7.11 Å². The summed E-state index contributed by atoms with van der Waals surface area (Å²) < 4.78 is 5.22. The number of amides is 1. The van der Waals surface area contributed by atoms with Crippen LogP contribution in [0.5, 0.6) is 5.75 Å². The molecule has 1 aliphatic heterocycles. The first-order chi connectivity index (χ1) is 12.7. The van der Waals surface area contributed by atoms with E-state index in [2.05, 4.69) is 26.3 Å². The third-order valence-corrected chi connectivity index (χ3v) is 4.77. The van der Waals surface area contributed by atoms with E-state index in [-0.39, 0.29) is 5.91 Å². The number of carbonyl (C=O) groups excluding carboxylic acids is 1. The fraction of sp³-hybridized carbons (Fsp3) is 0.300. The summed E-state index contributed by atoms with van der Waals surface area (Å²) in [5.41, 5.74) is 2.48. The SMILES string of the molecule is COc1ccc2cc(C(=O)NCc3ccnc(N4CCCC4)c3)[nH]c2c1. The van der Waals surface area contributed by atoms with Gasteiger partial charge < -0.3 is 19.9 Å². The van der Waals surface area contributed by atoms with E-state index in [1.54, 1.807) is 7.11 Å². The van der Waals surface area contributed by atoms with Crippen molar-refractivity contribution in [2.75, 3.05) is 25.1 Å². The molecule has 3 heterocycles. The Labute approximate surface area is 152 Å². The van der Waals surface area contributed by atoms with Gasteiger partial charge in [-0.1, -0.05) is 0 Å². The molecule has 0 atom stereocenters. The minimum absolute atomic E-state index is 0.125. The number of fused-ring (bicyclic) bond motifs is 1. The average molecular weight is 350 g/mol. The van der Waals surface area contributed by atoms with Gasteiger partial charge in [0.25, 0.3) is 5.91 Å². The van der Waals surface area contributed by atoms with Crippen LogP contribution in [-0.2, 0) is 6.54 Å². The van der Waals surface area contributed by atoms with Gasteiger partial charge in [-0.15, -0.1) is 0 Å². The molecule has 26 heavy (non-hydrogen) atoms. The standard InChI is InChI=1S/C20H22N4O2/c1-26-16-5-4-15-11-18(23-17(15)12-16)20(25)22-13-14-6-7-21-19(10-14)24-8-2-3-9-24/h4-7,10-12,23H,2-3,8-9,13H2,1H3,(H,22,25). The zero-order chi connectivity index (χ0) is 17.9. The van der Waals surface area contributed by atoms with Crippen LogP contribution < -0.4 is 15.0 Å². The minimum atomic E-state index is -0.125. The third-order valence-electron chi connectivity index (χ3n) is 4.77. The molecule has 1 amide bonds. The van der Waals surface area contributed by atoms with E-state index in [0.717, 1.165) is 41.1 Å². The number of anilines is 1. The molecule has 0 saturated carbocycles. The van der Waals surface area contributed by atoms with Crippen molar-refractivity contribution in [3.8, 4) is 5.75 Å². The van der Waals surface area contributed by atoms with Crippen molar-refractivity contribution < 1.29 is 9.53 Å². The van der Waals surface area contributed by atoms with Crippen molar-refractivity contribution in [1.29, 1.82) is 0 Å². The normalized spacial score (nSPS) is 14.0. The second-order valence-corrected chi connectivity index (χ2v) is 6.54. The number of ether oxygens (including phenoxy) is 1. The number of methoxy groups -OCH3 is 1. The third kappa shape index (κ3) is 3.35. The van der Waals surface area contributed by atoms with Crippen molar-refractivity contribution in [1.82, 2.24) is 15.3 Å². The van der Waals surface area contributed by atoms with Gasteiger partial charge >= 0.3 is 0 Å². The molecule has 134 valence electrons. The Morgan fingerprint density at radius 3 is 2.88 bits per heavy atom. The smallest absolute Gasteiger partial charge is 0.267 e. The van der Waals surface area contributed by atoms with E-state index in [4.69, 9.17) is 4.74 Å². The van der Waals surface area contributed by atoms with Gasteiger partial charge in [-0.2, -0.15) is 0 Å². The van der Waals surface area contributed by atoms with Gasteiger partial charge in [-0.25, -0.2) is 4.98 Å². The summed E-state index contributed by atoms with van der Waals surface area (Å²) >= 11 is 0. The second kappa shape index (κ2) is 7.07. The Morgan fingerprint density at radius 2 is 2.08 bits per heavy atom. The van der Waals surface area contributed by atoms with E-state index >= 15 is 0 Å². The Morgan fingerprint density at radius 1 is 1.23 bits per heavy atom. The van der Waals surface area contributed by atoms with Crippen molar-refractivity contribution >= 4 is 22.6 Å². The number of H-pyrrole nitrogens is 1. The van der Waals surface area contributed by atoms with E-state index < -0.39 is 0 Å². The maximum atomic E-state index is 12.5. The summed E-state index contributed by atoms with van der Waals surface area (Å²) in [5, 5.41) is 3.96. The molecule has 2 N–H and O–H groups in total. The van der Waals surface area contributed by atoms with Crippen molar-refractivity contribution in [3.05, 3.63) is 53.9 Å². The minimum Gasteiger partial charge on any atom is -0.497 e. The molecule has 6 heteroatoms. The molecular formula is C20H22N4O2. The van der Waals surface area contributed by atoms with Crippen LogP contribution in [0.3, 0.4) is 0 Å². The molecule has 1 saturated heterocycles. The highest BCUT2D eigenvalue weighted by molar-refractivity contribution is 5.98. The molecule has 0 unspecified atom stereocenters. The molecule has 0 aliphatic carbocycles. The Bertz CT molecular complexity index is 928. The summed E-state index contributed by atoms with van der Waals surface area (Å²) in [5.74, 6) is 1.63. The number of pyridine rings is 1. The van der Waals surface area contributed by atoms with E-state index in [1.807, 2.05) is 36.5 Å². The lowest BCUT2D eigenvalue weighted by Gasteiger charge is -2.16. The topological polar surface area (TPSA) is 70.2 Å². The summed E-state index contributed by atoms with van der Waals surface area (Å²) in [6, 6.07) is 11.6. The fourth-order valence-electron chi connectivity index (χ4n) is 3.32. The lowest BCUT2D eigenvalue weighted by molar-refractivity contribution is 0.0946. The van der Waals surface area contributed by atoms with Gasteiger partial charge in [0, 0.05) is 42.8 Å². The number of rotatable bonds is 5. The van der Waals surface area contributed by atoms with Crippen LogP contribution in [0.15, 0.2) is 42.6 Å². The van der Waals surface area contributed by atoms with E-state index in [9.17, 15) is 4.79 Å². The molecule has 4 rings (SSSR count). The summed E-state index contributed by atoms with van der Waals surface area (Å²) in [6.45, 7) is 2.59. The zero-order valence-corrected chi connectivity index (χ0v) is 14.8. The first-order valence-electron chi connectivity index (χ1n) is 8.88. The van der Waals surface area contributed by atoms with E-state index in [0.29, 0.717) is 12.2 Å². The average Bonchev–Trinajstić information content (AvgIpc) is 3.35. The van der Waals surface area contributed by atoms with Crippen LogP contribution in [0.4, 0.5) is 5.82 Å². The summed E-state index contributed by atoms with van der Waals surface area (Å²) in [6.07, 6.45) is 4.24. The quantitative estimate of drug-likeness (QED) is 0.742. The Balaban J connectivity index is 1.44. The maximum Gasteiger partial charge on any atom is 0.267 e. The molecular weight excluding hydrogens is 328 g/mol. The van der Waals surface area contributed by atoms with Gasteiger partial charge in [0.2, 0.25) is 0 Å². The first kappa shape index (κ1) is 16.4.